The number of nitrogen functional groups attached to an aromatic ring is 1. The van der Waals surface area contributed by atoms with Crippen molar-refractivity contribution in [2.24, 2.45) is 5.84 Å². The number of nitrogens with two attached hydrogens (primary N) is 1. The molecular formula is C47H76N10O7. The van der Waals surface area contributed by atoms with Crippen molar-refractivity contribution in [2.45, 2.75) is 143 Å². The van der Waals surface area contributed by atoms with Gasteiger partial charge in [-0.05, 0) is 118 Å². The molecule has 2 aromatic rings. The predicted octanol–water partition coefficient (Wildman–Crippen LogP) is 5.77. The number of hydrogen-bond donors (Lipinski definition) is 2. The largest absolute Gasteiger partial charge is 0.464 e. The van der Waals surface area contributed by atoms with Gasteiger partial charge in [0, 0.05) is 89.6 Å². The molecule has 6 rings (SSSR count). The highest BCUT2D eigenvalue weighted by molar-refractivity contribution is 5.92. The Kier molecular flexibility index (Phi) is 17.2. The number of aromatic nitrogens is 2. The number of carbonyl (C=O) groups is 4. The molecule has 6 heterocycles. The quantitative estimate of drug-likeness (QED) is 0.107. The molecule has 0 aliphatic carbocycles. The number of nitrogens with zero attached hydrogens (tertiary/aromatic N) is 8. The maximum absolute atomic E-state index is 12.4. The summed E-state index contributed by atoms with van der Waals surface area (Å²) in [6, 6.07) is 9.27. The van der Waals surface area contributed by atoms with Gasteiger partial charge in [-0.15, -0.1) is 0 Å². The molecule has 0 spiro atoms. The van der Waals surface area contributed by atoms with Gasteiger partial charge >= 0.3 is 18.2 Å². The minimum atomic E-state index is -0.461. The second-order valence-electron chi connectivity index (χ2n) is 19.5. The van der Waals surface area contributed by atoms with E-state index in [0.717, 1.165) is 127 Å². The standard InChI is InChI=1S/C24H38N4O4.C23H38N6O3/c1-7-18-16-27(21-9-8-20(22(29)31-6)25-17(21)2)14-15-28(18)19-10-12-26(13-11-19)23(30)32-24(3,4)5;1-6-17-15-28(20-8-7-19(21(30)26-24)25-16(20)2)13-14-29(17)18-9-11-27(12-10-18)22(31)32-23(3,4)5/h8-9,18-19H,7,10-16H2,1-6H3;7-8,17-18H,6,9-15,24H2,1-5H3,(H,26,30)/t18-;17-/m00/s1. The number of likely N-dealkylation sites (tertiary alicyclic amines) is 2. The van der Waals surface area contributed by atoms with Gasteiger partial charge in [0.25, 0.3) is 5.91 Å². The molecule has 4 fully saturated rings. The molecule has 17 nitrogen and oxygen atoms in total. The Labute approximate surface area is 381 Å². The lowest BCUT2D eigenvalue weighted by atomic mass is 9.98. The van der Waals surface area contributed by atoms with E-state index in [2.05, 4.69) is 48.8 Å². The van der Waals surface area contributed by atoms with Gasteiger partial charge < -0.3 is 33.8 Å². The monoisotopic (exact) mass is 893 g/mol. The van der Waals surface area contributed by atoms with E-state index in [4.69, 9.17) is 20.1 Å². The molecule has 3 N–H and O–H groups in total. The molecule has 3 amide bonds. The second-order valence-corrected chi connectivity index (χ2v) is 19.5. The van der Waals surface area contributed by atoms with E-state index in [-0.39, 0.29) is 18.1 Å². The van der Waals surface area contributed by atoms with E-state index in [0.29, 0.717) is 35.6 Å². The summed E-state index contributed by atoms with van der Waals surface area (Å²) < 4.78 is 15.9. The highest BCUT2D eigenvalue weighted by atomic mass is 16.6. The molecule has 4 saturated heterocycles. The Morgan fingerprint density at radius 2 is 1.03 bits per heavy atom. The van der Waals surface area contributed by atoms with Gasteiger partial charge in [0.15, 0.2) is 0 Å². The SMILES string of the molecule is CC[C@H]1CN(c2ccc(C(=O)NN)nc2C)CCN1C1CCN(C(=O)OC(C)(C)C)CC1.CC[C@H]1CN(c2ccc(C(=O)OC)nc2C)CCN1C1CCN(C(=O)OC(C)(C)C)CC1. The Morgan fingerprint density at radius 3 is 1.38 bits per heavy atom. The van der Waals surface area contributed by atoms with Gasteiger partial charge in [0.1, 0.15) is 22.6 Å². The Morgan fingerprint density at radius 1 is 0.641 bits per heavy atom. The molecule has 2 aromatic heterocycles. The molecule has 4 aliphatic heterocycles. The van der Waals surface area contributed by atoms with Crippen LogP contribution in [-0.2, 0) is 14.2 Å². The molecular weight excluding hydrogens is 817 g/mol. The Bertz CT molecular complexity index is 1770. The van der Waals surface area contributed by atoms with Crippen molar-refractivity contribution >= 4 is 35.4 Å². The fourth-order valence-electron chi connectivity index (χ4n) is 9.47. The van der Waals surface area contributed by atoms with Crippen LogP contribution >= 0.6 is 0 Å². The number of nitrogens with one attached hydrogen (secondary N) is 1. The van der Waals surface area contributed by atoms with Gasteiger partial charge in [0.05, 0.1) is 29.9 Å². The van der Waals surface area contributed by atoms with E-state index in [1.807, 2.05) is 77.3 Å². The van der Waals surface area contributed by atoms with Gasteiger partial charge in [-0.1, -0.05) is 13.8 Å². The lowest BCUT2D eigenvalue weighted by molar-refractivity contribution is 0.00850. The number of methoxy groups -OCH3 is 1. The summed E-state index contributed by atoms with van der Waals surface area (Å²) >= 11 is 0. The van der Waals surface area contributed by atoms with E-state index in [9.17, 15) is 19.2 Å². The highest BCUT2D eigenvalue weighted by Crippen LogP contribution is 2.30. The number of rotatable bonds is 8. The lowest BCUT2D eigenvalue weighted by Crippen LogP contribution is -2.59. The summed E-state index contributed by atoms with van der Waals surface area (Å²) in [6.07, 6.45) is 5.61. The summed E-state index contributed by atoms with van der Waals surface area (Å²) in [5.41, 5.74) is 5.71. The zero-order valence-corrected chi connectivity index (χ0v) is 40.4. The maximum Gasteiger partial charge on any atom is 0.410 e. The fraction of sp³-hybridized carbons (Fsp3) is 0.702. The van der Waals surface area contributed by atoms with Crippen LogP contribution in [0.2, 0.25) is 0 Å². The number of amides is 3. The van der Waals surface area contributed by atoms with Crippen molar-refractivity contribution in [3.05, 3.63) is 47.0 Å². The summed E-state index contributed by atoms with van der Waals surface area (Å²) in [5, 5.41) is 0. The molecule has 0 saturated carbocycles. The smallest absolute Gasteiger partial charge is 0.410 e. The number of piperidine rings is 2. The van der Waals surface area contributed by atoms with Crippen LogP contribution in [-0.4, -0.2) is 162 Å². The summed E-state index contributed by atoms with van der Waals surface area (Å²) in [7, 11) is 1.37. The topological polar surface area (TPSA) is 179 Å². The van der Waals surface area contributed by atoms with Crippen LogP contribution < -0.4 is 21.1 Å². The van der Waals surface area contributed by atoms with Crippen molar-refractivity contribution in [2.75, 3.05) is 82.4 Å². The zero-order chi connectivity index (χ0) is 46.9. The highest BCUT2D eigenvalue weighted by Gasteiger charge is 2.37. The number of esters is 1. The minimum Gasteiger partial charge on any atom is -0.464 e. The molecule has 4 aliphatic rings. The van der Waals surface area contributed by atoms with Crippen LogP contribution in [0.1, 0.15) is 126 Å². The molecule has 0 bridgehead atoms. The molecule has 0 unspecified atom stereocenters. The number of hydrazine groups is 1. The summed E-state index contributed by atoms with van der Waals surface area (Å²) in [5.74, 6) is 4.44. The molecule has 0 radical (unpaired) electrons. The lowest BCUT2D eigenvalue weighted by Gasteiger charge is -2.48. The fourth-order valence-corrected chi connectivity index (χ4v) is 9.47. The molecule has 17 heteroatoms. The normalized spacial score (nSPS) is 20.9. The first-order chi connectivity index (χ1) is 30.2. The van der Waals surface area contributed by atoms with Gasteiger partial charge in [0.2, 0.25) is 0 Å². The van der Waals surface area contributed by atoms with Gasteiger partial charge in [-0.25, -0.2) is 30.2 Å². The average molecular weight is 893 g/mol. The summed E-state index contributed by atoms with van der Waals surface area (Å²) in [6.45, 7) is 28.4. The molecule has 64 heavy (non-hydrogen) atoms. The van der Waals surface area contributed by atoms with Crippen LogP contribution in [0.15, 0.2) is 24.3 Å². The van der Waals surface area contributed by atoms with Crippen molar-refractivity contribution in [1.29, 1.82) is 0 Å². The number of pyridine rings is 2. The average Bonchev–Trinajstić information content (AvgIpc) is 3.27. The van der Waals surface area contributed by atoms with E-state index in [1.165, 1.54) is 7.11 Å². The summed E-state index contributed by atoms with van der Waals surface area (Å²) in [4.78, 5) is 70.9. The molecule has 0 aromatic carbocycles. The number of anilines is 2. The van der Waals surface area contributed by atoms with E-state index < -0.39 is 17.2 Å². The van der Waals surface area contributed by atoms with Crippen molar-refractivity contribution in [3.63, 3.8) is 0 Å². The third-order valence-corrected chi connectivity index (χ3v) is 12.7. The first kappa shape index (κ1) is 50.3. The molecule has 2 atom stereocenters. The van der Waals surface area contributed by atoms with Crippen molar-refractivity contribution in [3.8, 4) is 0 Å². The van der Waals surface area contributed by atoms with Crippen LogP contribution in [0.25, 0.3) is 0 Å². The number of hydrogen-bond acceptors (Lipinski definition) is 14. The number of piperazine rings is 2. The van der Waals surface area contributed by atoms with Gasteiger partial charge in [-0.3, -0.25) is 20.0 Å². The van der Waals surface area contributed by atoms with Crippen LogP contribution in [0.5, 0.6) is 0 Å². The second kappa shape index (κ2) is 22.0. The molecule has 356 valence electrons. The Hall–Kier alpha value is -4.74. The van der Waals surface area contributed by atoms with Gasteiger partial charge in [-0.2, -0.15) is 0 Å². The van der Waals surface area contributed by atoms with Crippen LogP contribution in [0.4, 0.5) is 21.0 Å². The van der Waals surface area contributed by atoms with Crippen LogP contribution in [0.3, 0.4) is 0 Å². The van der Waals surface area contributed by atoms with Crippen molar-refractivity contribution < 1.29 is 33.4 Å². The number of ether oxygens (including phenoxy) is 3. The predicted molar refractivity (Wildman–Crippen MR) is 249 cm³/mol. The Balaban J connectivity index is 0.000000241. The third-order valence-electron chi connectivity index (χ3n) is 12.7. The number of carbonyl (C=O) groups excluding carboxylic acids is 4. The van der Waals surface area contributed by atoms with E-state index in [1.54, 1.807) is 12.1 Å². The minimum absolute atomic E-state index is 0.203. The van der Waals surface area contributed by atoms with Crippen LogP contribution in [0, 0.1) is 13.8 Å². The van der Waals surface area contributed by atoms with Crippen molar-refractivity contribution in [1.82, 2.24) is 35.0 Å². The van der Waals surface area contributed by atoms with E-state index >= 15 is 0 Å². The maximum atomic E-state index is 12.4. The number of aryl methyl sites for hydroxylation is 2. The first-order valence-corrected chi connectivity index (χ1v) is 23.3. The third kappa shape index (κ3) is 13.2. The zero-order valence-electron chi connectivity index (χ0n) is 40.4. The first-order valence-electron chi connectivity index (χ1n) is 23.3.